The number of aromatic amines is 1. The van der Waals surface area contributed by atoms with Gasteiger partial charge in [-0.25, -0.2) is 9.78 Å². The number of rotatable bonds is 9. The molecule has 1 aliphatic carbocycles. The molecule has 0 atom stereocenters. The molecule has 242 valence electrons. The molecule has 7 aromatic rings. The lowest BCUT2D eigenvalue weighted by molar-refractivity contribution is 0.0696. The molecular weight excluding hydrogens is 612 g/mol. The van der Waals surface area contributed by atoms with E-state index in [0.29, 0.717) is 17.6 Å². The number of carboxylic acids is 1. The SMILES string of the molecule is O=C(O)c1ccc(-c2ccccc2-c2ccccc2)c(COc2ccc(-c3nc4cc(-c5nn[nH]n5)ccc4n3C3CCCCC3)cc2)c1. The number of hydrogen-bond donors (Lipinski definition) is 2. The highest BCUT2D eigenvalue weighted by Gasteiger charge is 2.23. The van der Waals surface area contributed by atoms with Crippen LogP contribution in [0.1, 0.15) is 54.1 Å². The normalized spacial score (nSPS) is 13.5. The summed E-state index contributed by atoms with van der Waals surface area (Å²) in [6.45, 7) is 0.207. The molecule has 0 spiro atoms. The minimum absolute atomic E-state index is 0.207. The molecule has 0 saturated heterocycles. The topological polar surface area (TPSA) is 119 Å². The third-order valence-electron chi connectivity index (χ3n) is 9.39. The first-order valence-electron chi connectivity index (χ1n) is 16.6. The van der Waals surface area contributed by atoms with E-state index in [4.69, 9.17) is 9.72 Å². The number of benzene rings is 5. The van der Waals surface area contributed by atoms with Crippen LogP contribution in [0.25, 0.3) is 56.1 Å². The van der Waals surface area contributed by atoms with Gasteiger partial charge in [0.25, 0.3) is 0 Å². The van der Waals surface area contributed by atoms with Gasteiger partial charge in [-0.05, 0) is 100 Å². The second-order valence-corrected chi connectivity index (χ2v) is 12.4. The number of carboxylic acid groups (broad SMARTS) is 1. The number of hydrogen-bond acceptors (Lipinski definition) is 6. The summed E-state index contributed by atoms with van der Waals surface area (Å²) >= 11 is 0. The van der Waals surface area contributed by atoms with Gasteiger partial charge in [-0.15, -0.1) is 10.2 Å². The van der Waals surface area contributed by atoms with E-state index < -0.39 is 5.97 Å². The summed E-state index contributed by atoms with van der Waals surface area (Å²) in [6.07, 6.45) is 5.92. The summed E-state index contributed by atoms with van der Waals surface area (Å²) in [6, 6.07) is 38.2. The van der Waals surface area contributed by atoms with Gasteiger partial charge in [0.2, 0.25) is 5.82 Å². The maximum Gasteiger partial charge on any atom is 0.335 e. The van der Waals surface area contributed by atoms with Crippen molar-refractivity contribution in [1.82, 2.24) is 30.2 Å². The minimum Gasteiger partial charge on any atom is -0.489 e. The molecule has 0 amide bonds. The maximum absolute atomic E-state index is 12.0. The Labute approximate surface area is 283 Å². The number of aromatic carboxylic acids is 1. The smallest absolute Gasteiger partial charge is 0.335 e. The van der Waals surface area contributed by atoms with E-state index in [1.807, 2.05) is 60.7 Å². The van der Waals surface area contributed by atoms with Crippen molar-refractivity contribution in [3.05, 3.63) is 126 Å². The van der Waals surface area contributed by atoms with Crippen LogP contribution >= 0.6 is 0 Å². The fourth-order valence-corrected chi connectivity index (χ4v) is 6.99. The highest BCUT2D eigenvalue weighted by Crippen LogP contribution is 2.38. The van der Waals surface area contributed by atoms with Crippen LogP contribution in [0, 0.1) is 0 Å². The standard InChI is InChI=1S/C40H34N6O3/c47-40(48)29-17-21-34(35-14-8-7-13-33(35)26-9-3-1-4-10-26)30(23-29)25-49-32-19-15-27(16-20-32)39-41-36-24-28(38-42-44-45-43-38)18-22-37(36)46(39)31-11-5-2-6-12-31/h1,3-4,7-10,13-24,31H,2,5-6,11-12,25H2,(H,47,48)(H,42,43,44,45). The molecule has 1 saturated carbocycles. The molecule has 49 heavy (non-hydrogen) atoms. The van der Waals surface area contributed by atoms with Crippen LogP contribution in [0.3, 0.4) is 0 Å². The van der Waals surface area contributed by atoms with Crippen molar-refractivity contribution in [3.63, 3.8) is 0 Å². The number of tetrazole rings is 1. The van der Waals surface area contributed by atoms with Crippen molar-refractivity contribution < 1.29 is 14.6 Å². The first-order chi connectivity index (χ1) is 24.1. The highest BCUT2D eigenvalue weighted by atomic mass is 16.5. The van der Waals surface area contributed by atoms with Gasteiger partial charge in [-0.1, -0.05) is 79.9 Å². The van der Waals surface area contributed by atoms with Gasteiger partial charge in [0, 0.05) is 17.2 Å². The molecule has 0 bridgehead atoms. The number of H-pyrrole nitrogens is 1. The molecule has 5 aromatic carbocycles. The van der Waals surface area contributed by atoms with Gasteiger partial charge in [0.05, 0.1) is 16.6 Å². The van der Waals surface area contributed by atoms with Crippen LogP contribution < -0.4 is 4.74 Å². The van der Waals surface area contributed by atoms with Crippen LogP contribution in [0.4, 0.5) is 0 Å². The van der Waals surface area contributed by atoms with Crippen LogP contribution in [0.5, 0.6) is 5.75 Å². The molecule has 8 rings (SSSR count). The number of fused-ring (bicyclic) bond motifs is 1. The van der Waals surface area contributed by atoms with Crippen LogP contribution in [-0.2, 0) is 6.61 Å². The summed E-state index contributed by atoms with van der Waals surface area (Å²) in [7, 11) is 0. The molecule has 1 fully saturated rings. The van der Waals surface area contributed by atoms with E-state index in [1.165, 1.54) is 19.3 Å². The van der Waals surface area contributed by atoms with Gasteiger partial charge >= 0.3 is 5.97 Å². The van der Waals surface area contributed by atoms with Crippen molar-refractivity contribution in [2.45, 2.75) is 44.8 Å². The third-order valence-corrected chi connectivity index (χ3v) is 9.39. The zero-order valence-electron chi connectivity index (χ0n) is 26.8. The quantitative estimate of drug-likeness (QED) is 0.161. The lowest BCUT2D eigenvalue weighted by atomic mass is 9.91. The van der Waals surface area contributed by atoms with Crippen molar-refractivity contribution in [1.29, 1.82) is 0 Å². The summed E-state index contributed by atoms with van der Waals surface area (Å²) < 4.78 is 8.75. The van der Waals surface area contributed by atoms with Crippen molar-refractivity contribution in [2.75, 3.05) is 0 Å². The Morgan fingerprint density at radius 3 is 2.29 bits per heavy atom. The van der Waals surface area contributed by atoms with Crippen molar-refractivity contribution in [3.8, 4) is 50.8 Å². The second-order valence-electron chi connectivity index (χ2n) is 12.4. The number of aromatic nitrogens is 6. The highest BCUT2D eigenvalue weighted by molar-refractivity contribution is 5.91. The number of ether oxygens (including phenoxy) is 1. The fraction of sp³-hybridized carbons (Fsp3) is 0.175. The number of carbonyl (C=O) groups is 1. The van der Waals surface area contributed by atoms with Crippen LogP contribution in [-0.4, -0.2) is 41.3 Å². The molecular formula is C40H34N6O3. The number of nitrogens with zero attached hydrogens (tertiary/aromatic N) is 5. The predicted molar refractivity (Wildman–Crippen MR) is 189 cm³/mol. The summed E-state index contributed by atoms with van der Waals surface area (Å²) in [4.78, 5) is 17.1. The van der Waals surface area contributed by atoms with Crippen molar-refractivity contribution >= 4 is 17.0 Å². The Bertz CT molecular complexity index is 2240. The van der Waals surface area contributed by atoms with Crippen LogP contribution in [0.2, 0.25) is 0 Å². The Kier molecular flexibility index (Phi) is 8.15. The van der Waals surface area contributed by atoms with Gasteiger partial charge in [0.1, 0.15) is 18.2 Å². The van der Waals surface area contributed by atoms with Crippen molar-refractivity contribution in [2.24, 2.45) is 0 Å². The van der Waals surface area contributed by atoms with E-state index in [9.17, 15) is 9.90 Å². The fourth-order valence-electron chi connectivity index (χ4n) is 6.99. The lowest BCUT2D eigenvalue weighted by Gasteiger charge is -2.25. The molecule has 1 aliphatic rings. The second kappa shape index (κ2) is 13.2. The molecule has 2 N–H and O–H groups in total. The Balaban J connectivity index is 1.11. The Hall–Kier alpha value is -6.09. The molecule has 2 heterocycles. The van der Waals surface area contributed by atoms with Gasteiger partial charge < -0.3 is 14.4 Å². The van der Waals surface area contributed by atoms with Gasteiger partial charge in [-0.3, -0.25) is 0 Å². The van der Waals surface area contributed by atoms with Crippen LogP contribution in [0.15, 0.2) is 115 Å². The largest absolute Gasteiger partial charge is 0.489 e. The maximum atomic E-state index is 12.0. The zero-order valence-corrected chi connectivity index (χ0v) is 26.8. The van der Waals surface area contributed by atoms with E-state index >= 15 is 0 Å². The summed E-state index contributed by atoms with van der Waals surface area (Å²) in [5.74, 6) is 1.18. The number of nitrogens with one attached hydrogen (secondary N) is 1. The summed E-state index contributed by atoms with van der Waals surface area (Å²) in [5, 5.41) is 24.3. The monoisotopic (exact) mass is 646 g/mol. The average molecular weight is 647 g/mol. The van der Waals surface area contributed by atoms with E-state index in [0.717, 1.165) is 68.6 Å². The molecule has 0 unspecified atom stereocenters. The van der Waals surface area contributed by atoms with Gasteiger partial charge in [0.15, 0.2) is 0 Å². The van der Waals surface area contributed by atoms with Gasteiger partial charge in [-0.2, -0.15) is 5.21 Å². The van der Waals surface area contributed by atoms with E-state index in [2.05, 4.69) is 67.7 Å². The third kappa shape index (κ3) is 6.07. The first-order valence-corrected chi connectivity index (χ1v) is 16.6. The molecule has 2 aromatic heterocycles. The van der Waals surface area contributed by atoms with E-state index in [-0.39, 0.29) is 12.2 Å². The summed E-state index contributed by atoms with van der Waals surface area (Å²) in [5.41, 5.74) is 8.98. The van der Waals surface area contributed by atoms with E-state index in [1.54, 1.807) is 12.1 Å². The molecule has 0 radical (unpaired) electrons. The first kappa shape index (κ1) is 30.3. The minimum atomic E-state index is -0.973. The molecule has 9 heteroatoms. The Morgan fingerprint density at radius 2 is 1.53 bits per heavy atom. The molecule has 9 nitrogen and oxygen atoms in total. The predicted octanol–water partition coefficient (Wildman–Crippen LogP) is 9.00. The Morgan fingerprint density at radius 1 is 0.776 bits per heavy atom. The lowest BCUT2D eigenvalue weighted by Crippen LogP contribution is -2.14. The zero-order chi connectivity index (χ0) is 33.2. The average Bonchev–Trinajstić information content (AvgIpc) is 3.84. The number of imidazole rings is 1. The molecule has 0 aliphatic heterocycles.